The quantitative estimate of drug-likeness (QED) is 0.511. The molecule has 0 saturated carbocycles. The van der Waals surface area contributed by atoms with E-state index in [4.69, 9.17) is 9.15 Å². The van der Waals surface area contributed by atoms with Crippen molar-refractivity contribution < 1.29 is 9.15 Å². The van der Waals surface area contributed by atoms with E-state index in [2.05, 4.69) is 26.3 Å². The van der Waals surface area contributed by atoms with Crippen molar-refractivity contribution in [1.82, 2.24) is 20.2 Å². The molecule has 2 fully saturated rings. The van der Waals surface area contributed by atoms with Gasteiger partial charge in [0.1, 0.15) is 11.3 Å². The lowest BCUT2D eigenvalue weighted by atomic mass is 9.78. The lowest BCUT2D eigenvalue weighted by Crippen LogP contribution is -2.40. The van der Waals surface area contributed by atoms with E-state index in [9.17, 15) is 0 Å². The number of hydrogen-bond donors (Lipinski definition) is 1. The van der Waals surface area contributed by atoms with Gasteiger partial charge in [-0.15, -0.1) is 0 Å². The summed E-state index contributed by atoms with van der Waals surface area (Å²) in [5.41, 5.74) is 3.38. The maximum Gasteiger partial charge on any atom is 0.281 e. The number of thiazole rings is 1. The van der Waals surface area contributed by atoms with Gasteiger partial charge in [0, 0.05) is 36.3 Å². The van der Waals surface area contributed by atoms with E-state index in [0.717, 1.165) is 33.6 Å². The van der Waals surface area contributed by atoms with E-state index in [1.165, 1.54) is 62.3 Å². The largest absolute Gasteiger partial charge is 0.464 e. The highest BCUT2D eigenvalue weighted by atomic mass is 32.1. The number of likely N-dealkylation sites (tertiary alicyclic amines) is 1. The average molecular weight is 421 g/mol. The third-order valence-electron chi connectivity index (χ3n) is 6.62. The number of rotatable bonds is 4. The summed E-state index contributed by atoms with van der Waals surface area (Å²) in [6.45, 7) is 5.66. The van der Waals surface area contributed by atoms with Crippen LogP contribution in [0.2, 0.25) is 0 Å². The van der Waals surface area contributed by atoms with Gasteiger partial charge in [-0.1, -0.05) is 11.3 Å². The van der Waals surface area contributed by atoms with Crippen LogP contribution < -0.4 is 10.1 Å². The van der Waals surface area contributed by atoms with Gasteiger partial charge in [0.25, 0.3) is 5.19 Å². The second-order valence-corrected chi connectivity index (χ2v) is 9.52. The molecule has 0 bridgehead atoms. The summed E-state index contributed by atoms with van der Waals surface area (Å²) < 4.78 is 12.9. The van der Waals surface area contributed by atoms with Crippen molar-refractivity contribution >= 4 is 32.7 Å². The third kappa shape index (κ3) is 3.37. The Hall–Kier alpha value is -2.48. The highest BCUT2D eigenvalue weighted by Crippen LogP contribution is 2.38. The first kappa shape index (κ1) is 18.3. The lowest BCUT2D eigenvalue weighted by molar-refractivity contribution is 0.114. The summed E-state index contributed by atoms with van der Waals surface area (Å²) in [4.78, 5) is 11.3. The van der Waals surface area contributed by atoms with Crippen LogP contribution in [-0.4, -0.2) is 41.0 Å². The molecule has 0 atom stereocenters. The molecule has 0 unspecified atom stereocenters. The molecular formula is C23H24N4O2S. The zero-order valence-corrected chi connectivity index (χ0v) is 17.6. The molecule has 154 valence electrons. The predicted molar refractivity (Wildman–Crippen MR) is 118 cm³/mol. The molecule has 2 aliphatic rings. The lowest BCUT2D eigenvalue weighted by Gasteiger charge is -2.38. The normalized spacial score (nSPS) is 19.2. The Morgan fingerprint density at radius 1 is 1.20 bits per heavy atom. The number of fused-ring (bicyclic) bond motifs is 2. The molecule has 2 aliphatic heterocycles. The van der Waals surface area contributed by atoms with Gasteiger partial charge in [0.15, 0.2) is 5.65 Å². The number of furan rings is 1. The first-order chi connectivity index (χ1) is 14.8. The van der Waals surface area contributed by atoms with Crippen LogP contribution in [0.15, 0.2) is 47.2 Å². The minimum absolute atomic E-state index is 0.553. The van der Waals surface area contributed by atoms with Crippen LogP contribution in [0, 0.1) is 5.41 Å². The molecule has 0 radical (unpaired) electrons. The summed E-state index contributed by atoms with van der Waals surface area (Å²) in [6.07, 6.45) is 7.57. The minimum atomic E-state index is 0.553. The number of ether oxygens (including phenoxy) is 1. The van der Waals surface area contributed by atoms with E-state index in [-0.39, 0.29) is 0 Å². The first-order valence-electron chi connectivity index (χ1n) is 10.6. The van der Waals surface area contributed by atoms with Crippen LogP contribution in [0.5, 0.6) is 10.9 Å². The smallest absolute Gasteiger partial charge is 0.281 e. The Bertz CT molecular complexity index is 1150. The molecule has 1 aromatic carbocycles. The first-order valence-corrected chi connectivity index (χ1v) is 11.4. The van der Waals surface area contributed by atoms with Gasteiger partial charge in [-0.25, -0.2) is 4.98 Å². The van der Waals surface area contributed by atoms with Crippen LogP contribution in [0.3, 0.4) is 0 Å². The highest BCUT2D eigenvalue weighted by Gasteiger charge is 2.36. The second kappa shape index (κ2) is 7.34. The van der Waals surface area contributed by atoms with Crippen molar-refractivity contribution in [3.8, 4) is 10.9 Å². The number of aromatic nitrogens is 2. The number of pyridine rings is 1. The Morgan fingerprint density at radius 3 is 2.97 bits per heavy atom. The number of hydrogen-bond acceptors (Lipinski definition) is 7. The predicted octanol–water partition coefficient (Wildman–Crippen LogP) is 4.81. The van der Waals surface area contributed by atoms with Gasteiger partial charge in [-0.05, 0) is 68.6 Å². The van der Waals surface area contributed by atoms with Crippen LogP contribution in [0.4, 0.5) is 0 Å². The Morgan fingerprint density at radius 2 is 2.13 bits per heavy atom. The van der Waals surface area contributed by atoms with Gasteiger partial charge in [-0.2, -0.15) is 4.98 Å². The Kier molecular flexibility index (Phi) is 4.48. The fraction of sp³-hybridized carbons (Fsp3) is 0.391. The van der Waals surface area contributed by atoms with E-state index < -0.39 is 0 Å². The van der Waals surface area contributed by atoms with Gasteiger partial charge >= 0.3 is 0 Å². The zero-order valence-electron chi connectivity index (χ0n) is 16.8. The number of nitrogens with one attached hydrogen (secondary N) is 1. The Balaban J connectivity index is 1.16. The number of nitrogens with zero attached hydrogens (tertiary/aromatic N) is 3. The topological polar surface area (TPSA) is 63.4 Å². The molecule has 7 heteroatoms. The molecule has 0 amide bonds. The summed E-state index contributed by atoms with van der Waals surface area (Å²) in [5.74, 6) is 0.733. The minimum Gasteiger partial charge on any atom is -0.464 e. The summed E-state index contributed by atoms with van der Waals surface area (Å²) in [5, 5.41) is 5.30. The van der Waals surface area contributed by atoms with Crippen molar-refractivity contribution in [3.05, 3.63) is 48.4 Å². The van der Waals surface area contributed by atoms with Crippen molar-refractivity contribution in [3.63, 3.8) is 0 Å². The SMILES string of the molecule is c1cnc2nc(Oc3ccc4c(CN5CCC6(CCNC6)CC5)coc4c3)sc2c1. The molecule has 30 heavy (non-hydrogen) atoms. The van der Waals surface area contributed by atoms with Crippen LogP contribution >= 0.6 is 11.3 Å². The summed E-state index contributed by atoms with van der Waals surface area (Å²) in [6, 6.07) is 9.96. The van der Waals surface area contributed by atoms with Gasteiger partial charge < -0.3 is 14.5 Å². The third-order valence-corrected chi connectivity index (χ3v) is 7.51. The highest BCUT2D eigenvalue weighted by molar-refractivity contribution is 7.20. The van der Waals surface area contributed by atoms with Crippen LogP contribution in [0.25, 0.3) is 21.3 Å². The van der Waals surface area contributed by atoms with Crippen LogP contribution in [-0.2, 0) is 6.54 Å². The fourth-order valence-electron chi connectivity index (χ4n) is 4.79. The zero-order chi connectivity index (χ0) is 20.0. The second-order valence-electron chi connectivity index (χ2n) is 8.53. The Labute approximate surface area is 178 Å². The van der Waals surface area contributed by atoms with E-state index >= 15 is 0 Å². The molecule has 0 aliphatic carbocycles. The maximum absolute atomic E-state index is 5.98. The van der Waals surface area contributed by atoms with Gasteiger partial charge in [-0.3, -0.25) is 4.90 Å². The average Bonchev–Trinajstić information content (AvgIpc) is 3.48. The number of piperidine rings is 1. The molecule has 1 spiro atoms. The van der Waals surface area contributed by atoms with Gasteiger partial charge in [0.05, 0.1) is 11.0 Å². The molecule has 6 nitrogen and oxygen atoms in total. The molecule has 1 N–H and O–H groups in total. The van der Waals surface area contributed by atoms with E-state index in [0.29, 0.717) is 10.6 Å². The van der Waals surface area contributed by atoms with Crippen molar-refractivity contribution in [2.45, 2.75) is 25.8 Å². The van der Waals surface area contributed by atoms with Gasteiger partial charge in [0.2, 0.25) is 0 Å². The molecule has 4 aromatic rings. The monoisotopic (exact) mass is 420 g/mol. The molecule has 6 rings (SSSR count). The molecule has 3 aromatic heterocycles. The standard InChI is InChI=1S/C23H24N4O2S/c1-2-20-21(25-8-1)26-22(30-20)29-17-3-4-18-16(14-28-19(18)12-17)13-27-10-6-23(7-11-27)5-9-24-15-23/h1-4,8,12,14,24H,5-7,9-11,13,15H2. The van der Waals surface area contributed by atoms with Crippen molar-refractivity contribution in [1.29, 1.82) is 0 Å². The van der Waals surface area contributed by atoms with E-state index in [1.807, 2.05) is 30.5 Å². The van der Waals surface area contributed by atoms with Crippen LogP contribution in [0.1, 0.15) is 24.8 Å². The molecule has 2 saturated heterocycles. The maximum atomic E-state index is 5.98. The van der Waals surface area contributed by atoms with E-state index in [1.54, 1.807) is 6.20 Å². The number of benzene rings is 1. The summed E-state index contributed by atoms with van der Waals surface area (Å²) >= 11 is 1.50. The molecule has 5 heterocycles. The van der Waals surface area contributed by atoms with Crippen molar-refractivity contribution in [2.24, 2.45) is 5.41 Å². The molecular weight excluding hydrogens is 396 g/mol. The summed E-state index contributed by atoms with van der Waals surface area (Å²) in [7, 11) is 0. The fourth-order valence-corrected chi connectivity index (χ4v) is 5.59. The van der Waals surface area contributed by atoms with Crippen molar-refractivity contribution in [2.75, 3.05) is 26.2 Å².